The molecule has 1 aromatic heterocycles. The molecule has 1 fully saturated rings. The Balaban J connectivity index is 1.84. The number of hydrogen-bond acceptors (Lipinski definition) is 4. The van der Waals surface area contributed by atoms with E-state index in [0.29, 0.717) is 0 Å². The van der Waals surface area contributed by atoms with Gasteiger partial charge in [-0.1, -0.05) is 0 Å². The summed E-state index contributed by atoms with van der Waals surface area (Å²) in [6, 6.07) is 4.26. The van der Waals surface area contributed by atoms with Crippen LogP contribution in [-0.2, 0) is 0 Å². The van der Waals surface area contributed by atoms with E-state index >= 15 is 0 Å². The normalized spacial score (nSPS) is 19.9. The number of likely N-dealkylation sites (tertiary alicyclic amines) is 1. The second-order valence-electron chi connectivity index (χ2n) is 5.73. The molecule has 0 aromatic carbocycles. The van der Waals surface area contributed by atoms with Crippen molar-refractivity contribution in [3.8, 4) is 0 Å². The van der Waals surface area contributed by atoms with Crippen LogP contribution in [-0.4, -0.2) is 49.7 Å². The molecule has 1 saturated heterocycles. The molecule has 1 N–H and O–H groups in total. The maximum absolute atomic E-state index is 4.55. The van der Waals surface area contributed by atoms with E-state index in [1.54, 1.807) is 0 Å². The molecule has 2 heterocycles. The minimum absolute atomic E-state index is 0.760. The Morgan fingerprint density at radius 3 is 2.75 bits per heavy atom. The topological polar surface area (TPSA) is 31.4 Å². The summed E-state index contributed by atoms with van der Waals surface area (Å²) in [6.45, 7) is 9.84. The van der Waals surface area contributed by atoms with E-state index in [2.05, 4.69) is 53.1 Å². The molecule has 112 valence electrons. The van der Waals surface area contributed by atoms with Crippen LogP contribution in [0.4, 0.5) is 11.5 Å². The van der Waals surface area contributed by atoms with Crippen molar-refractivity contribution in [3.63, 3.8) is 0 Å². The van der Waals surface area contributed by atoms with Gasteiger partial charge in [-0.2, -0.15) is 0 Å². The highest BCUT2D eigenvalue weighted by Gasteiger charge is 2.16. The van der Waals surface area contributed by atoms with Crippen LogP contribution in [0, 0.1) is 5.92 Å². The van der Waals surface area contributed by atoms with Crippen LogP contribution in [0.5, 0.6) is 0 Å². The van der Waals surface area contributed by atoms with Crippen LogP contribution < -0.4 is 10.2 Å². The average Bonchev–Trinajstić information content (AvgIpc) is 2.48. The molecule has 1 aromatic rings. The van der Waals surface area contributed by atoms with Crippen molar-refractivity contribution in [2.75, 3.05) is 50.0 Å². The van der Waals surface area contributed by atoms with Crippen molar-refractivity contribution >= 4 is 11.5 Å². The maximum atomic E-state index is 4.55. The second-order valence-corrected chi connectivity index (χ2v) is 5.73. The summed E-state index contributed by atoms with van der Waals surface area (Å²) in [7, 11) is 2.21. The lowest BCUT2D eigenvalue weighted by atomic mass is 9.98. The number of rotatable bonds is 6. The van der Waals surface area contributed by atoms with E-state index in [0.717, 1.165) is 37.1 Å². The number of aromatic nitrogens is 1. The van der Waals surface area contributed by atoms with Gasteiger partial charge in [-0.3, -0.25) is 0 Å². The summed E-state index contributed by atoms with van der Waals surface area (Å²) in [5, 5.41) is 3.53. The van der Waals surface area contributed by atoms with E-state index in [4.69, 9.17) is 0 Å². The first-order valence-electron chi connectivity index (χ1n) is 7.86. The number of nitrogens with one attached hydrogen (secondary N) is 1. The molecule has 4 nitrogen and oxygen atoms in total. The molecule has 1 unspecified atom stereocenters. The average molecular weight is 276 g/mol. The Morgan fingerprint density at radius 2 is 2.15 bits per heavy atom. The molecular weight excluding hydrogens is 248 g/mol. The van der Waals surface area contributed by atoms with Gasteiger partial charge in [0, 0.05) is 26.2 Å². The lowest BCUT2D eigenvalue weighted by Gasteiger charge is -2.30. The number of hydrogen-bond donors (Lipinski definition) is 1. The molecule has 0 spiro atoms. The van der Waals surface area contributed by atoms with E-state index in [1.165, 1.54) is 25.9 Å². The van der Waals surface area contributed by atoms with Crippen molar-refractivity contribution in [1.29, 1.82) is 0 Å². The largest absolute Gasteiger partial charge is 0.383 e. The molecule has 0 aliphatic carbocycles. The van der Waals surface area contributed by atoms with Crippen molar-refractivity contribution in [2.24, 2.45) is 5.92 Å². The summed E-state index contributed by atoms with van der Waals surface area (Å²) in [5.74, 6) is 1.83. The van der Waals surface area contributed by atoms with Crippen molar-refractivity contribution in [2.45, 2.75) is 26.7 Å². The zero-order valence-electron chi connectivity index (χ0n) is 13.1. The summed E-state index contributed by atoms with van der Waals surface area (Å²) < 4.78 is 0. The molecule has 1 atom stereocenters. The van der Waals surface area contributed by atoms with Crippen LogP contribution in [0.15, 0.2) is 18.3 Å². The highest BCUT2D eigenvalue weighted by Crippen LogP contribution is 2.17. The second kappa shape index (κ2) is 7.48. The maximum Gasteiger partial charge on any atom is 0.128 e. The zero-order valence-corrected chi connectivity index (χ0v) is 13.1. The smallest absolute Gasteiger partial charge is 0.128 e. The monoisotopic (exact) mass is 276 g/mol. The van der Waals surface area contributed by atoms with Crippen LogP contribution >= 0.6 is 0 Å². The third-order valence-electron chi connectivity index (χ3n) is 4.15. The van der Waals surface area contributed by atoms with Crippen LogP contribution in [0.1, 0.15) is 26.7 Å². The first-order valence-corrected chi connectivity index (χ1v) is 7.86. The molecular formula is C16H28N4. The number of anilines is 2. The Bertz CT molecular complexity index is 386. The van der Waals surface area contributed by atoms with Gasteiger partial charge < -0.3 is 15.1 Å². The van der Waals surface area contributed by atoms with Gasteiger partial charge in [0.2, 0.25) is 0 Å². The molecule has 2 rings (SSSR count). The predicted molar refractivity (Wildman–Crippen MR) is 86.5 cm³/mol. The van der Waals surface area contributed by atoms with Gasteiger partial charge in [0.1, 0.15) is 5.82 Å². The van der Waals surface area contributed by atoms with E-state index in [9.17, 15) is 0 Å². The molecule has 0 bridgehead atoms. The first-order chi connectivity index (χ1) is 9.72. The highest BCUT2D eigenvalue weighted by atomic mass is 15.2. The molecule has 4 heteroatoms. The summed E-state index contributed by atoms with van der Waals surface area (Å²) in [4.78, 5) is 9.24. The third-order valence-corrected chi connectivity index (χ3v) is 4.15. The molecule has 1 aliphatic heterocycles. The SMILES string of the molecule is CCN(CC)c1ccc(NCC2CCCN(C)C2)cn1. The van der Waals surface area contributed by atoms with Gasteiger partial charge >= 0.3 is 0 Å². The van der Waals surface area contributed by atoms with Crippen molar-refractivity contribution in [3.05, 3.63) is 18.3 Å². The molecule has 0 saturated carbocycles. The van der Waals surface area contributed by atoms with Gasteiger partial charge in [-0.25, -0.2) is 4.98 Å². The van der Waals surface area contributed by atoms with Crippen LogP contribution in [0.3, 0.4) is 0 Å². The standard InChI is InChI=1S/C16H28N4/c1-4-20(5-2)16-9-8-15(12-18-16)17-11-14-7-6-10-19(3)13-14/h8-9,12,14,17H,4-7,10-11,13H2,1-3H3. The van der Waals surface area contributed by atoms with Crippen molar-refractivity contribution < 1.29 is 0 Å². The molecule has 0 radical (unpaired) electrons. The third kappa shape index (κ3) is 4.10. The van der Waals surface area contributed by atoms with E-state index < -0.39 is 0 Å². The fourth-order valence-electron chi connectivity index (χ4n) is 2.93. The summed E-state index contributed by atoms with van der Waals surface area (Å²) >= 11 is 0. The Kier molecular flexibility index (Phi) is 5.65. The van der Waals surface area contributed by atoms with Gasteiger partial charge in [0.25, 0.3) is 0 Å². The van der Waals surface area contributed by atoms with E-state index in [-0.39, 0.29) is 0 Å². The van der Waals surface area contributed by atoms with Crippen LogP contribution in [0.2, 0.25) is 0 Å². The Hall–Kier alpha value is -1.29. The number of pyridine rings is 1. The Morgan fingerprint density at radius 1 is 1.35 bits per heavy atom. The summed E-state index contributed by atoms with van der Waals surface area (Å²) in [5.41, 5.74) is 1.13. The fraction of sp³-hybridized carbons (Fsp3) is 0.688. The van der Waals surface area contributed by atoms with Gasteiger partial charge in [-0.05, 0) is 58.3 Å². The molecule has 20 heavy (non-hydrogen) atoms. The zero-order chi connectivity index (χ0) is 14.4. The Labute approximate surface area is 123 Å². The predicted octanol–water partition coefficient (Wildman–Crippen LogP) is 2.68. The van der Waals surface area contributed by atoms with Crippen LogP contribution in [0.25, 0.3) is 0 Å². The number of piperidine rings is 1. The lowest BCUT2D eigenvalue weighted by molar-refractivity contribution is 0.217. The van der Waals surface area contributed by atoms with Crippen molar-refractivity contribution in [1.82, 2.24) is 9.88 Å². The lowest BCUT2D eigenvalue weighted by Crippen LogP contribution is -2.35. The highest BCUT2D eigenvalue weighted by molar-refractivity contribution is 5.48. The minimum Gasteiger partial charge on any atom is -0.383 e. The van der Waals surface area contributed by atoms with Gasteiger partial charge in [0.05, 0.1) is 11.9 Å². The number of nitrogens with zero attached hydrogens (tertiary/aromatic N) is 3. The van der Waals surface area contributed by atoms with Gasteiger partial charge in [-0.15, -0.1) is 0 Å². The quantitative estimate of drug-likeness (QED) is 0.865. The van der Waals surface area contributed by atoms with Gasteiger partial charge in [0.15, 0.2) is 0 Å². The first kappa shape index (κ1) is 15.1. The fourth-order valence-corrected chi connectivity index (χ4v) is 2.93. The minimum atomic E-state index is 0.760. The molecule has 1 aliphatic rings. The summed E-state index contributed by atoms with van der Waals surface area (Å²) in [6.07, 6.45) is 4.62. The molecule has 0 amide bonds. The van der Waals surface area contributed by atoms with E-state index in [1.807, 2.05) is 6.20 Å².